The molecule has 0 amide bonds. The molecule has 1 heterocycles. The summed E-state index contributed by atoms with van der Waals surface area (Å²) in [6, 6.07) is 4.37. The Balaban J connectivity index is 2.47. The zero-order chi connectivity index (χ0) is 8.55. The first-order chi connectivity index (χ1) is 5.77. The first-order valence-corrected chi connectivity index (χ1v) is 4.74. The number of hydrogen-bond acceptors (Lipinski definition) is 1. The summed E-state index contributed by atoms with van der Waals surface area (Å²) in [5.41, 5.74) is 3.98. The lowest BCUT2D eigenvalue weighted by Gasteiger charge is -2.21. The Labute approximate surface area is 73.8 Å². The molecule has 0 saturated carbocycles. The number of pyridine rings is 1. The van der Waals surface area contributed by atoms with E-state index in [1.807, 2.05) is 0 Å². The van der Waals surface area contributed by atoms with Crippen molar-refractivity contribution in [1.82, 2.24) is 4.98 Å². The summed E-state index contributed by atoms with van der Waals surface area (Å²) in [5, 5.41) is 0. The third-order valence-electron chi connectivity index (χ3n) is 2.70. The Bertz CT molecular complexity index is 291. The van der Waals surface area contributed by atoms with Gasteiger partial charge in [0.05, 0.1) is 0 Å². The van der Waals surface area contributed by atoms with Crippen LogP contribution in [0.3, 0.4) is 0 Å². The standard InChI is InChI=1S/C11H15N/c1-8-4-3-5-10-7-6-9(2)12-11(8)10/h6-8H,3-5H2,1-2H3. The van der Waals surface area contributed by atoms with Crippen molar-refractivity contribution in [2.45, 2.75) is 39.0 Å². The van der Waals surface area contributed by atoms with Gasteiger partial charge in [0, 0.05) is 11.4 Å². The van der Waals surface area contributed by atoms with Crippen molar-refractivity contribution in [2.75, 3.05) is 0 Å². The summed E-state index contributed by atoms with van der Waals surface area (Å²) in [4.78, 5) is 4.59. The number of hydrogen-bond donors (Lipinski definition) is 0. The van der Waals surface area contributed by atoms with E-state index in [4.69, 9.17) is 0 Å². The van der Waals surface area contributed by atoms with Crippen LogP contribution in [0.5, 0.6) is 0 Å². The maximum absolute atomic E-state index is 4.59. The van der Waals surface area contributed by atoms with Crippen molar-refractivity contribution >= 4 is 0 Å². The average molecular weight is 161 g/mol. The fraction of sp³-hybridized carbons (Fsp3) is 0.545. The molecular weight excluding hydrogens is 146 g/mol. The topological polar surface area (TPSA) is 12.9 Å². The van der Waals surface area contributed by atoms with Crippen molar-refractivity contribution in [1.29, 1.82) is 0 Å². The molecule has 0 N–H and O–H groups in total. The zero-order valence-electron chi connectivity index (χ0n) is 7.80. The van der Waals surface area contributed by atoms with Gasteiger partial charge in [-0.1, -0.05) is 13.0 Å². The molecule has 0 spiro atoms. The smallest absolute Gasteiger partial charge is 0.0466 e. The van der Waals surface area contributed by atoms with E-state index in [0.717, 1.165) is 5.69 Å². The SMILES string of the molecule is Cc1ccc2c(n1)C(C)CCC2. The summed E-state index contributed by atoms with van der Waals surface area (Å²) in [5.74, 6) is 0.675. The molecule has 1 aliphatic carbocycles. The molecule has 0 aromatic carbocycles. The van der Waals surface area contributed by atoms with Crippen molar-refractivity contribution in [3.05, 3.63) is 29.1 Å². The Morgan fingerprint density at radius 3 is 3.08 bits per heavy atom. The van der Waals surface area contributed by atoms with Gasteiger partial charge in [0.2, 0.25) is 0 Å². The number of aromatic nitrogens is 1. The Hall–Kier alpha value is -0.850. The maximum atomic E-state index is 4.59. The van der Waals surface area contributed by atoms with Crippen LogP contribution in [-0.4, -0.2) is 4.98 Å². The quantitative estimate of drug-likeness (QED) is 0.570. The number of aryl methyl sites for hydroxylation is 2. The lowest BCUT2D eigenvalue weighted by molar-refractivity contribution is 0.572. The van der Waals surface area contributed by atoms with Gasteiger partial charge in [-0.05, 0) is 43.7 Å². The third kappa shape index (κ3) is 1.24. The Kier molecular flexibility index (Phi) is 1.87. The van der Waals surface area contributed by atoms with E-state index >= 15 is 0 Å². The second-order valence-electron chi connectivity index (χ2n) is 3.79. The minimum Gasteiger partial charge on any atom is -0.258 e. The molecular formula is C11H15N. The van der Waals surface area contributed by atoms with Gasteiger partial charge in [-0.2, -0.15) is 0 Å². The zero-order valence-corrected chi connectivity index (χ0v) is 7.80. The van der Waals surface area contributed by atoms with Crippen LogP contribution in [0.1, 0.15) is 42.6 Å². The van der Waals surface area contributed by atoms with E-state index in [0.29, 0.717) is 5.92 Å². The molecule has 1 heteroatoms. The van der Waals surface area contributed by atoms with Crippen molar-refractivity contribution in [3.63, 3.8) is 0 Å². The lowest BCUT2D eigenvalue weighted by Crippen LogP contribution is -2.09. The second-order valence-corrected chi connectivity index (χ2v) is 3.79. The molecule has 1 unspecified atom stereocenters. The highest BCUT2D eigenvalue weighted by Crippen LogP contribution is 2.29. The Morgan fingerprint density at radius 2 is 2.25 bits per heavy atom. The largest absolute Gasteiger partial charge is 0.258 e. The molecule has 1 aromatic heterocycles. The summed E-state index contributed by atoms with van der Waals surface area (Å²) in [7, 11) is 0. The monoisotopic (exact) mass is 161 g/mol. The van der Waals surface area contributed by atoms with Crippen molar-refractivity contribution in [3.8, 4) is 0 Å². The fourth-order valence-electron chi connectivity index (χ4n) is 1.98. The van der Waals surface area contributed by atoms with Crippen LogP contribution >= 0.6 is 0 Å². The molecule has 0 bridgehead atoms. The maximum Gasteiger partial charge on any atom is 0.0466 e. The van der Waals surface area contributed by atoms with Gasteiger partial charge in [0.15, 0.2) is 0 Å². The minimum absolute atomic E-state index is 0.675. The number of fused-ring (bicyclic) bond motifs is 1. The fourth-order valence-corrected chi connectivity index (χ4v) is 1.98. The molecule has 0 aliphatic heterocycles. The van der Waals surface area contributed by atoms with E-state index in [1.165, 1.54) is 30.5 Å². The first kappa shape index (κ1) is 7.78. The lowest BCUT2D eigenvalue weighted by atomic mass is 9.88. The predicted molar refractivity (Wildman–Crippen MR) is 50.3 cm³/mol. The average Bonchev–Trinajstić information content (AvgIpc) is 2.07. The molecule has 1 aromatic rings. The molecule has 1 aliphatic rings. The van der Waals surface area contributed by atoms with Gasteiger partial charge >= 0.3 is 0 Å². The van der Waals surface area contributed by atoms with Crippen LogP contribution in [0.4, 0.5) is 0 Å². The summed E-state index contributed by atoms with van der Waals surface area (Å²) in [6.45, 7) is 4.35. The molecule has 64 valence electrons. The summed E-state index contributed by atoms with van der Waals surface area (Å²) >= 11 is 0. The molecule has 12 heavy (non-hydrogen) atoms. The summed E-state index contributed by atoms with van der Waals surface area (Å²) < 4.78 is 0. The van der Waals surface area contributed by atoms with E-state index in [9.17, 15) is 0 Å². The van der Waals surface area contributed by atoms with Crippen LogP contribution in [0, 0.1) is 6.92 Å². The van der Waals surface area contributed by atoms with Crippen molar-refractivity contribution < 1.29 is 0 Å². The van der Waals surface area contributed by atoms with E-state index in [2.05, 4.69) is 31.0 Å². The van der Waals surface area contributed by atoms with Crippen LogP contribution in [-0.2, 0) is 6.42 Å². The van der Waals surface area contributed by atoms with Crippen LogP contribution in [0.15, 0.2) is 12.1 Å². The molecule has 0 saturated heterocycles. The highest BCUT2D eigenvalue weighted by molar-refractivity contribution is 5.27. The minimum atomic E-state index is 0.675. The highest BCUT2D eigenvalue weighted by atomic mass is 14.7. The van der Waals surface area contributed by atoms with Gasteiger partial charge in [0.25, 0.3) is 0 Å². The Morgan fingerprint density at radius 1 is 1.42 bits per heavy atom. The van der Waals surface area contributed by atoms with Gasteiger partial charge < -0.3 is 0 Å². The molecule has 0 radical (unpaired) electrons. The van der Waals surface area contributed by atoms with Crippen LogP contribution < -0.4 is 0 Å². The van der Waals surface area contributed by atoms with Crippen LogP contribution in [0.25, 0.3) is 0 Å². The van der Waals surface area contributed by atoms with Gasteiger partial charge in [-0.15, -0.1) is 0 Å². The van der Waals surface area contributed by atoms with E-state index in [-0.39, 0.29) is 0 Å². The van der Waals surface area contributed by atoms with E-state index in [1.54, 1.807) is 0 Å². The summed E-state index contributed by atoms with van der Waals surface area (Å²) in [6.07, 6.45) is 3.87. The molecule has 1 atom stereocenters. The number of rotatable bonds is 0. The van der Waals surface area contributed by atoms with Crippen molar-refractivity contribution in [2.24, 2.45) is 0 Å². The predicted octanol–water partition coefficient (Wildman–Crippen LogP) is 2.83. The second kappa shape index (κ2) is 2.89. The molecule has 1 nitrogen and oxygen atoms in total. The normalized spacial score (nSPS) is 22.0. The van der Waals surface area contributed by atoms with Gasteiger partial charge in [-0.3, -0.25) is 4.98 Å². The molecule has 0 fully saturated rings. The molecule has 2 rings (SSSR count). The number of nitrogens with zero attached hydrogens (tertiary/aromatic N) is 1. The van der Waals surface area contributed by atoms with Gasteiger partial charge in [-0.25, -0.2) is 0 Å². The van der Waals surface area contributed by atoms with Gasteiger partial charge in [0.1, 0.15) is 0 Å². The third-order valence-corrected chi connectivity index (χ3v) is 2.70. The van der Waals surface area contributed by atoms with E-state index < -0.39 is 0 Å². The first-order valence-electron chi connectivity index (χ1n) is 4.74. The van der Waals surface area contributed by atoms with Crippen LogP contribution in [0.2, 0.25) is 0 Å². The highest BCUT2D eigenvalue weighted by Gasteiger charge is 2.16.